The van der Waals surface area contributed by atoms with Crippen molar-refractivity contribution in [3.8, 4) is 0 Å². The Hall–Kier alpha value is -2.12. The third-order valence-corrected chi connectivity index (χ3v) is 6.85. The Balaban J connectivity index is 1.88. The second kappa shape index (κ2) is 6.49. The summed E-state index contributed by atoms with van der Waals surface area (Å²) >= 11 is 1.71. The lowest BCUT2D eigenvalue weighted by Crippen LogP contribution is -2.99. The van der Waals surface area contributed by atoms with Crippen molar-refractivity contribution in [2.75, 3.05) is 30.5 Å². The van der Waals surface area contributed by atoms with Crippen LogP contribution >= 0.6 is 11.8 Å². The summed E-state index contributed by atoms with van der Waals surface area (Å²) in [6, 6.07) is 7.55. The summed E-state index contributed by atoms with van der Waals surface area (Å²) in [5.41, 5.74) is 0.609. The minimum Gasteiger partial charge on any atom is -0.326 e. The lowest BCUT2D eigenvalue weighted by molar-refractivity contribution is -0.733. The summed E-state index contributed by atoms with van der Waals surface area (Å²) < 4.78 is 0. The molecule has 6 nitrogen and oxygen atoms in total. The van der Waals surface area contributed by atoms with Gasteiger partial charge in [-0.2, -0.15) is 11.8 Å². The van der Waals surface area contributed by atoms with Crippen molar-refractivity contribution in [1.82, 2.24) is 4.90 Å². The van der Waals surface area contributed by atoms with E-state index in [0.717, 1.165) is 23.4 Å². The predicted molar refractivity (Wildman–Crippen MR) is 104 cm³/mol. The number of imide groups is 1. The van der Waals surface area contributed by atoms with Crippen LogP contribution in [0.2, 0.25) is 0 Å². The Morgan fingerprint density at radius 2 is 2.00 bits per heavy atom. The number of hydrogen-bond acceptors (Lipinski definition) is 4. The highest BCUT2D eigenvalue weighted by molar-refractivity contribution is 7.98. The van der Waals surface area contributed by atoms with Crippen LogP contribution in [0, 0.1) is 11.8 Å². The number of benzene rings is 1. The number of anilines is 1. The molecule has 0 radical (unpaired) electrons. The first-order chi connectivity index (χ1) is 13.0. The number of nitrogens with two attached hydrogens (primary N) is 1. The quantitative estimate of drug-likeness (QED) is 0.585. The number of thioether (sulfide) groups is 1. The molecule has 27 heavy (non-hydrogen) atoms. The Morgan fingerprint density at radius 1 is 1.26 bits per heavy atom. The molecule has 0 saturated carbocycles. The Bertz CT molecular complexity index is 842. The molecule has 3 amide bonds. The number of likely N-dealkylation sites (tertiary alicyclic amines) is 1. The summed E-state index contributed by atoms with van der Waals surface area (Å²) in [5.74, 6) is -0.715. The maximum Gasteiger partial charge on any atom is 0.294 e. The van der Waals surface area contributed by atoms with Gasteiger partial charge in [-0.1, -0.05) is 24.3 Å². The summed E-state index contributed by atoms with van der Waals surface area (Å²) in [4.78, 5) is 42.5. The van der Waals surface area contributed by atoms with Crippen molar-refractivity contribution in [1.29, 1.82) is 0 Å². The van der Waals surface area contributed by atoms with Gasteiger partial charge in [-0.25, -0.2) is 0 Å². The standard InChI is InChI=1S/C20H23N3O3S/c1-4-10-23-14-8-6-5-7-12(14)20(19(23)26)16-15(13(21-20)9-11-27-3)17(24)22(2)18(16)25/h4-8,13,15-16,21H,1,9-11H2,2-3H3/p+1/t13-,15+,16+,20+/m0/s1. The Morgan fingerprint density at radius 3 is 2.70 bits per heavy atom. The molecule has 2 saturated heterocycles. The van der Waals surface area contributed by atoms with Gasteiger partial charge in [0, 0.05) is 25.6 Å². The van der Waals surface area contributed by atoms with Crippen molar-refractivity contribution in [3.05, 3.63) is 42.5 Å². The summed E-state index contributed by atoms with van der Waals surface area (Å²) in [7, 11) is 1.54. The average molecular weight is 386 g/mol. The van der Waals surface area contributed by atoms with Gasteiger partial charge in [-0.15, -0.1) is 6.58 Å². The predicted octanol–water partition coefficient (Wildman–Crippen LogP) is 0.344. The van der Waals surface area contributed by atoms with Crippen molar-refractivity contribution in [3.63, 3.8) is 0 Å². The topological polar surface area (TPSA) is 74.3 Å². The fraction of sp³-hybridized carbons (Fsp3) is 0.450. The number of hydrogen-bond donors (Lipinski definition) is 1. The van der Waals surface area contributed by atoms with E-state index in [2.05, 4.69) is 6.58 Å². The Kier molecular flexibility index (Phi) is 4.39. The zero-order valence-electron chi connectivity index (χ0n) is 15.6. The minimum atomic E-state index is -1.05. The first kappa shape index (κ1) is 18.3. The number of fused-ring (bicyclic) bond motifs is 4. The molecule has 4 atom stereocenters. The summed E-state index contributed by atoms with van der Waals surface area (Å²) in [6.45, 7) is 4.16. The number of carbonyl (C=O) groups excluding carboxylic acids is 3. The fourth-order valence-corrected chi connectivity index (χ4v) is 5.59. The number of amides is 3. The lowest BCUT2D eigenvalue weighted by Gasteiger charge is -2.26. The third-order valence-electron chi connectivity index (χ3n) is 6.21. The van der Waals surface area contributed by atoms with E-state index in [1.807, 2.05) is 35.8 Å². The molecule has 1 aromatic carbocycles. The van der Waals surface area contributed by atoms with Crippen LogP contribution in [0.1, 0.15) is 12.0 Å². The first-order valence-electron chi connectivity index (χ1n) is 9.17. The summed E-state index contributed by atoms with van der Waals surface area (Å²) in [5, 5.41) is 2.02. The minimum absolute atomic E-state index is 0.0791. The van der Waals surface area contributed by atoms with Crippen molar-refractivity contribution in [2.45, 2.75) is 18.0 Å². The maximum atomic E-state index is 13.7. The highest BCUT2D eigenvalue weighted by Gasteiger charge is 2.74. The molecular weight excluding hydrogens is 362 g/mol. The van der Waals surface area contributed by atoms with Crippen LogP contribution < -0.4 is 10.2 Å². The molecule has 0 bridgehead atoms. The van der Waals surface area contributed by atoms with E-state index in [0.29, 0.717) is 6.54 Å². The van der Waals surface area contributed by atoms with Crippen LogP contribution in [0.25, 0.3) is 0 Å². The van der Waals surface area contributed by atoms with Gasteiger partial charge in [0.2, 0.25) is 17.4 Å². The van der Waals surface area contributed by atoms with Crippen LogP contribution in [0.3, 0.4) is 0 Å². The highest BCUT2D eigenvalue weighted by Crippen LogP contribution is 2.51. The van der Waals surface area contributed by atoms with Gasteiger partial charge in [-0.3, -0.25) is 19.3 Å². The maximum absolute atomic E-state index is 13.7. The van der Waals surface area contributed by atoms with Crippen LogP contribution in [0.4, 0.5) is 5.69 Å². The SMILES string of the molecule is C=CCN1C(=O)[C@@]2([NH2+][C@@H](CCSC)[C@H]3C(=O)N(C)C(=O)[C@@H]32)c2ccccc21. The largest absolute Gasteiger partial charge is 0.326 e. The zero-order valence-corrected chi connectivity index (χ0v) is 16.4. The highest BCUT2D eigenvalue weighted by atomic mass is 32.2. The number of para-hydroxylation sites is 1. The van der Waals surface area contributed by atoms with Gasteiger partial charge < -0.3 is 10.2 Å². The van der Waals surface area contributed by atoms with E-state index >= 15 is 0 Å². The van der Waals surface area contributed by atoms with Crippen molar-refractivity contribution in [2.24, 2.45) is 11.8 Å². The monoisotopic (exact) mass is 386 g/mol. The smallest absolute Gasteiger partial charge is 0.294 e. The molecule has 1 spiro atoms. The van der Waals surface area contributed by atoms with Crippen LogP contribution in [0.15, 0.2) is 36.9 Å². The van der Waals surface area contributed by atoms with E-state index < -0.39 is 17.4 Å². The van der Waals surface area contributed by atoms with Crippen LogP contribution in [-0.2, 0) is 19.9 Å². The van der Waals surface area contributed by atoms with Gasteiger partial charge in [-0.05, 0) is 18.1 Å². The molecule has 7 heteroatoms. The van der Waals surface area contributed by atoms with Gasteiger partial charge in [0.1, 0.15) is 17.9 Å². The summed E-state index contributed by atoms with van der Waals surface area (Å²) in [6.07, 6.45) is 4.50. The number of rotatable bonds is 5. The Labute approximate surface area is 163 Å². The molecule has 3 heterocycles. The molecule has 142 valence electrons. The van der Waals surface area contributed by atoms with E-state index in [-0.39, 0.29) is 23.8 Å². The number of quaternary nitrogens is 1. The normalized spacial score (nSPS) is 31.8. The zero-order chi connectivity index (χ0) is 19.3. The molecule has 2 N–H and O–H groups in total. The number of carbonyl (C=O) groups is 3. The van der Waals surface area contributed by atoms with Crippen LogP contribution in [-0.4, -0.2) is 54.3 Å². The van der Waals surface area contributed by atoms with E-state index in [9.17, 15) is 14.4 Å². The second-order valence-corrected chi connectivity index (χ2v) is 8.43. The molecule has 2 fully saturated rings. The molecule has 1 aromatic rings. The van der Waals surface area contributed by atoms with Gasteiger partial charge in [0.05, 0.1) is 5.69 Å². The van der Waals surface area contributed by atoms with Crippen molar-refractivity contribution >= 4 is 35.2 Å². The third kappa shape index (κ3) is 2.28. The molecule has 0 unspecified atom stereocenters. The van der Waals surface area contributed by atoms with Crippen molar-refractivity contribution < 1.29 is 19.7 Å². The second-order valence-electron chi connectivity index (χ2n) is 7.44. The van der Waals surface area contributed by atoms with Gasteiger partial charge in [0.15, 0.2) is 0 Å². The van der Waals surface area contributed by atoms with E-state index in [1.165, 1.54) is 11.9 Å². The number of nitrogens with zero attached hydrogens (tertiary/aromatic N) is 2. The van der Waals surface area contributed by atoms with Gasteiger partial charge in [0.25, 0.3) is 5.91 Å². The average Bonchev–Trinajstić information content (AvgIpc) is 3.22. The van der Waals surface area contributed by atoms with E-state index in [4.69, 9.17) is 0 Å². The molecule has 0 aliphatic carbocycles. The van der Waals surface area contributed by atoms with E-state index in [1.54, 1.807) is 22.7 Å². The lowest BCUT2D eigenvalue weighted by atomic mass is 9.76. The molecule has 3 aliphatic heterocycles. The first-order valence-corrected chi connectivity index (χ1v) is 10.6. The molecule has 0 aromatic heterocycles. The fourth-order valence-electron chi connectivity index (χ4n) is 5.09. The molecule has 4 rings (SSSR count). The van der Waals surface area contributed by atoms with Gasteiger partial charge >= 0.3 is 0 Å². The van der Waals surface area contributed by atoms with Crippen LogP contribution in [0.5, 0.6) is 0 Å². The molecular formula is C20H24N3O3S+. The molecule has 3 aliphatic rings.